The van der Waals surface area contributed by atoms with Gasteiger partial charge >= 0.3 is 0 Å². The van der Waals surface area contributed by atoms with Crippen LogP contribution in [-0.4, -0.2) is 64.6 Å². The van der Waals surface area contributed by atoms with Crippen molar-refractivity contribution in [3.63, 3.8) is 0 Å². The van der Waals surface area contributed by atoms with Crippen LogP contribution >= 0.6 is 0 Å². The van der Waals surface area contributed by atoms with Gasteiger partial charge in [0.2, 0.25) is 5.91 Å². The number of hydrogen-bond acceptors (Lipinski definition) is 7. The van der Waals surface area contributed by atoms with Crippen LogP contribution in [0.5, 0.6) is 11.5 Å². The fourth-order valence-electron chi connectivity index (χ4n) is 3.76. The monoisotopic (exact) mass is 417 g/mol. The zero-order valence-electron chi connectivity index (χ0n) is 18.1. The topological polar surface area (TPSA) is 102 Å². The molecule has 0 saturated carbocycles. The van der Waals surface area contributed by atoms with Gasteiger partial charge in [-0.25, -0.2) is 0 Å². The van der Waals surface area contributed by atoms with Crippen molar-refractivity contribution in [2.45, 2.75) is 39.4 Å². The first kappa shape index (κ1) is 22.0. The number of methoxy groups -OCH3 is 2. The molecule has 9 nitrogen and oxygen atoms in total. The molecule has 0 spiro atoms. The molecule has 0 saturated heterocycles. The highest BCUT2D eigenvalue weighted by atomic mass is 16.5. The number of carbonyl (C=O) groups is 1. The average Bonchev–Trinajstić information content (AvgIpc) is 3.00. The number of carbonyl (C=O) groups excluding carboxylic acids is 1. The van der Waals surface area contributed by atoms with E-state index in [1.807, 2.05) is 6.07 Å². The summed E-state index contributed by atoms with van der Waals surface area (Å²) in [6.07, 6.45) is 0.768. The van der Waals surface area contributed by atoms with Crippen molar-refractivity contribution in [3.8, 4) is 11.5 Å². The molecule has 0 fully saturated rings. The van der Waals surface area contributed by atoms with Crippen LogP contribution in [0.3, 0.4) is 0 Å². The van der Waals surface area contributed by atoms with E-state index in [2.05, 4.69) is 38.8 Å². The van der Waals surface area contributed by atoms with Crippen LogP contribution < -0.4 is 10.1 Å². The quantitative estimate of drug-likeness (QED) is 0.671. The molecule has 30 heavy (non-hydrogen) atoms. The van der Waals surface area contributed by atoms with E-state index in [1.54, 1.807) is 19.2 Å². The maximum atomic E-state index is 12.1. The predicted molar refractivity (Wildman–Crippen MR) is 111 cm³/mol. The summed E-state index contributed by atoms with van der Waals surface area (Å²) >= 11 is 0. The lowest BCUT2D eigenvalue weighted by Crippen LogP contribution is -2.36. The van der Waals surface area contributed by atoms with E-state index in [4.69, 9.17) is 9.47 Å². The molecule has 2 N–H and O–H groups in total. The molecule has 1 unspecified atom stereocenters. The molecule has 1 amide bonds. The van der Waals surface area contributed by atoms with Crippen LogP contribution in [0.4, 0.5) is 0 Å². The summed E-state index contributed by atoms with van der Waals surface area (Å²) in [7, 11) is 3.11. The third-order valence-electron chi connectivity index (χ3n) is 5.35. The van der Waals surface area contributed by atoms with E-state index < -0.39 is 0 Å². The zero-order chi connectivity index (χ0) is 21.7. The number of rotatable bonds is 8. The molecule has 1 atom stereocenters. The van der Waals surface area contributed by atoms with Gasteiger partial charge in [0.05, 0.1) is 13.2 Å². The van der Waals surface area contributed by atoms with Crippen molar-refractivity contribution in [2.24, 2.45) is 5.92 Å². The fraction of sp³-hybridized carbons (Fsp3) is 0.571. The van der Waals surface area contributed by atoms with Gasteiger partial charge in [0.15, 0.2) is 5.82 Å². The average molecular weight is 418 g/mol. The van der Waals surface area contributed by atoms with E-state index in [1.165, 1.54) is 7.11 Å². The third-order valence-corrected chi connectivity index (χ3v) is 5.35. The second kappa shape index (κ2) is 9.90. The number of benzene rings is 1. The standard InChI is InChI=1S/C21H31N5O4/c1-14(2)20(22-19(28)13-29-3)21-24-23-18-7-8-25(9-10-26(18)21)12-15-5-6-16(27)11-17(15)30-4/h5-6,11,14,20,27H,7-10,12-13H2,1-4H3,(H,22,28). The van der Waals surface area contributed by atoms with Crippen molar-refractivity contribution < 1.29 is 19.4 Å². The number of ether oxygens (including phenoxy) is 2. The molecular weight excluding hydrogens is 386 g/mol. The second-order valence-corrected chi connectivity index (χ2v) is 7.87. The number of nitrogens with zero attached hydrogens (tertiary/aromatic N) is 4. The Hall–Kier alpha value is -2.65. The minimum Gasteiger partial charge on any atom is -0.508 e. The lowest BCUT2D eigenvalue weighted by molar-refractivity contribution is -0.125. The van der Waals surface area contributed by atoms with E-state index >= 15 is 0 Å². The number of aromatic hydroxyl groups is 1. The Kier molecular flexibility index (Phi) is 7.28. The van der Waals surface area contributed by atoms with Crippen LogP contribution in [-0.2, 0) is 29.0 Å². The summed E-state index contributed by atoms with van der Waals surface area (Å²) in [6, 6.07) is 4.98. The highest BCUT2D eigenvalue weighted by molar-refractivity contribution is 5.77. The number of amides is 1. The van der Waals surface area contributed by atoms with Gasteiger partial charge in [-0.3, -0.25) is 9.69 Å². The lowest BCUT2D eigenvalue weighted by Gasteiger charge is -2.23. The highest BCUT2D eigenvalue weighted by Crippen LogP contribution is 2.26. The molecule has 0 aliphatic carbocycles. The Balaban J connectivity index is 1.73. The third kappa shape index (κ3) is 5.09. The van der Waals surface area contributed by atoms with Gasteiger partial charge in [-0.05, 0) is 12.0 Å². The van der Waals surface area contributed by atoms with Crippen LogP contribution in [0.15, 0.2) is 18.2 Å². The number of aromatic nitrogens is 3. The summed E-state index contributed by atoms with van der Waals surface area (Å²) in [4.78, 5) is 14.4. The number of hydrogen-bond donors (Lipinski definition) is 2. The SMILES string of the molecule is COCC(=O)NC(c1nnc2n1CCN(Cc1ccc(O)cc1OC)CC2)C(C)C. The van der Waals surface area contributed by atoms with Gasteiger partial charge in [0, 0.05) is 51.3 Å². The summed E-state index contributed by atoms with van der Waals surface area (Å²) in [5.41, 5.74) is 1.03. The zero-order valence-corrected chi connectivity index (χ0v) is 18.1. The largest absolute Gasteiger partial charge is 0.508 e. The molecule has 2 heterocycles. The maximum absolute atomic E-state index is 12.1. The smallest absolute Gasteiger partial charge is 0.246 e. The Labute approximate surface area is 177 Å². The molecule has 1 aromatic heterocycles. The van der Waals surface area contributed by atoms with Crippen molar-refractivity contribution in [1.82, 2.24) is 25.0 Å². The minimum absolute atomic E-state index is 0.0203. The van der Waals surface area contributed by atoms with Crippen molar-refractivity contribution in [1.29, 1.82) is 0 Å². The Morgan fingerprint density at radius 2 is 2.03 bits per heavy atom. The summed E-state index contributed by atoms with van der Waals surface area (Å²) in [5.74, 6) is 2.59. The molecule has 2 aromatic rings. The minimum atomic E-state index is -0.224. The van der Waals surface area contributed by atoms with Crippen LogP contribution in [0, 0.1) is 5.92 Å². The van der Waals surface area contributed by atoms with Crippen LogP contribution in [0.25, 0.3) is 0 Å². The Morgan fingerprint density at radius 3 is 2.73 bits per heavy atom. The van der Waals surface area contributed by atoms with Crippen LogP contribution in [0.1, 0.15) is 37.1 Å². The van der Waals surface area contributed by atoms with E-state index in [-0.39, 0.29) is 30.2 Å². The second-order valence-electron chi connectivity index (χ2n) is 7.87. The van der Waals surface area contributed by atoms with Crippen molar-refractivity contribution in [2.75, 3.05) is 33.9 Å². The van der Waals surface area contributed by atoms with E-state index in [0.717, 1.165) is 49.8 Å². The van der Waals surface area contributed by atoms with Crippen molar-refractivity contribution in [3.05, 3.63) is 35.4 Å². The normalized spacial score (nSPS) is 15.5. The van der Waals surface area contributed by atoms with Gasteiger partial charge in [-0.1, -0.05) is 19.9 Å². The first-order valence-corrected chi connectivity index (χ1v) is 10.2. The van der Waals surface area contributed by atoms with Gasteiger partial charge < -0.3 is 24.5 Å². The van der Waals surface area contributed by atoms with Gasteiger partial charge in [0.1, 0.15) is 23.9 Å². The molecule has 0 bridgehead atoms. The fourth-order valence-corrected chi connectivity index (χ4v) is 3.76. The predicted octanol–water partition coefficient (Wildman–Crippen LogP) is 1.51. The first-order chi connectivity index (χ1) is 14.4. The molecule has 1 aliphatic heterocycles. The molecule has 0 radical (unpaired) electrons. The summed E-state index contributed by atoms with van der Waals surface area (Å²) < 4.78 is 12.5. The van der Waals surface area contributed by atoms with Crippen molar-refractivity contribution >= 4 is 5.91 Å². The van der Waals surface area contributed by atoms with Crippen LogP contribution in [0.2, 0.25) is 0 Å². The summed E-state index contributed by atoms with van der Waals surface area (Å²) in [5, 5.41) is 21.5. The van der Waals surface area contributed by atoms with E-state index in [0.29, 0.717) is 5.75 Å². The number of nitrogens with one attached hydrogen (secondary N) is 1. The lowest BCUT2D eigenvalue weighted by atomic mass is 10.0. The number of phenols is 1. The molecule has 1 aliphatic rings. The van der Waals surface area contributed by atoms with Gasteiger partial charge in [0.25, 0.3) is 0 Å². The summed E-state index contributed by atoms with van der Waals surface area (Å²) in [6.45, 7) is 7.24. The first-order valence-electron chi connectivity index (χ1n) is 10.2. The Morgan fingerprint density at radius 1 is 1.23 bits per heavy atom. The number of fused-ring (bicyclic) bond motifs is 1. The highest BCUT2D eigenvalue weighted by Gasteiger charge is 2.27. The molecule has 1 aromatic carbocycles. The molecule has 9 heteroatoms. The molecule has 164 valence electrons. The van der Waals surface area contributed by atoms with Gasteiger partial charge in [-0.2, -0.15) is 0 Å². The van der Waals surface area contributed by atoms with Gasteiger partial charge in [-0.15, -0.1) is 10.2 Å². The maximum Gasteiger partial charge on any atom is 0.246 e. The molecule has 3 rings (SSSR count). The molecular formula is C21H31N5O4. The number of phenolic OH excluding ortho intramolecular Hbond substituents is 1. The van der Waals surface area contributed by atoms with E-state index in [9.17, 15) is 9.90 Å². The Bertz CT molecular complexity index is 867.